The van der Waals surface area contributed by atoms with Crippen LogP contribution in [0.1, 0.15) is 12.0 Å². The Morgan fingerprint density at radius 1 is 1.08 bits per heavy atom. The van der Waals surface area contributed by atoms with Crippen LogP contribution in [0.3, 0.4) is 0 Å². The number of nitrogens with zero attached hydrogens (tertiary/aromatic N) is 1. The van der Waals surface area contributed by atoms with Crippen molar-refractivity contribution in [1.82, 2.24) is 9.55 Å². The summed E-state index contributed by atoms with van der Waals surface area (Å²) in [5.41, 5.74) is 1.41. The molecular weight excluding hydrogens is 306 g/mol. The van der Waals surface area contributed by atoms with Crippen LogP contribution >= 0.6 is 0 Å². The van der Waals surface area contributed by atoms with Crippen molar-refractivity contribution in [2.24, 2.45) is 0 Å². The Bertz CT molecular complexity index is 1000. The topological polar surface area (TPSA) is 84.0 Å². The molecule has 0 unspecified atom stereocenters. The minimum atomic E-state index is -0.512. The number of carbonyl (C=O) groups is 1. The van der Waals surface area contributed by atoms with Crippen molar-refractivity contribution in [2.75, 3.05) is 5.32 Å². The van der Waals surface area contributed by atoms with Gasteiger partial charge in [-0.05, 0) is 31.2 Å². The number of benzene rings is 2. The van der Waals surface area contributed by atoms with Gasteiger partial charge in [-0.25, -0.2) is 4.79 Å². The maximum atomic E-state index is 12.1. The first-order valence-electron chi connectivity index (χ1n) is 7.63. The lowest BCUT2D eigenvalue weighted by Crippen LogP contribution is -2.31. The van der Waals surface area contributed by atoms with E-state index in [1.165, 1.54) is 4.57 Å². The normalized spacial score (nSPS) is 10.7. The van der Waals surface area contributed by atoms with Crippen LogP contribution in [0.2, 0.25) is 0 Å². The molecule has 0 aliphatic rings. The van der Waals surface area contributed by atoms with Gasteiger partial charge in [0.2, 0.25) is 5.91 Å². The first-order chi connectivity index (χ1) is 11.5. The number of aromatic nitrogens is 2. The fourth-order valence-electron chi connectivity index (χ4n) is 2.54. The predicted molar refractivity (Wildman–Crippen MR) is 93.3 cm³/mol. The molecule has 3 rings (SSSR count). The van der Waals surface area contributed by atoms with Gasteiger partial charge in [-0.3, -0.25) is 19.1 Å². The van der Waals surface area contributed by atoms with Gasteiger partial charge in [0, 0.05) is 18.7 Å². The van der Waals surface area contributed by atoms with Crippen molar-refractivity contribution in [3.8, 4) is 0 Å². The van der Waals surface area contributed by atoms with Crippen LogP contribution in [0.4, 0.5) is 5.69 Å². The third kappa shape index (κ3) is 3.27. The van der Waals surface area contributed by atoms with E-state index in [1.807, 2.05) is 31.2 Å². The van der Waals surface area contributed by atoms with E-state index in [2.05, 4.69) is 10.3 Å². The molecule has 0 aliphatic heterocycles. The average molecular weight is 323 g/mol. The Hall–Kier alpha value is -3.15. The van der Waals surface area contributed by atoms with Gasteiger partial charge in [0.1, 0.15) is 0 Å². The van der Waals surface area contributed by atoms with E-state index in [-0.39, 0.29) is 18.9 Å². The molecule has 6 heteroatoms. The zero-order chi connectivity index (χ0) is 17.1. The van der Waals surface area contributed by atoms with Gasteiger partial charge in [0.05, 0.1) is 10.9 Å². The van der Waals surface area contributed by atoms with Gasteiger partial charge in [0.15, 0.2) is 0 Å². The summed E-state index contributed by atoms with van der Waals surface area (Å²) in [7, 11) is 0. The molecule has 2 N–H and O–H groups in total. The number of para-hydroxylation sites is 1. The molecule has 3 aromatic rings. The Labute approximate surface area is 137 Å². The maximum absolute atomic E-state index is 12.1. The van der Waals surface area contributed by atoms with Crippen LogP contribution in [0.5, 0.6) is 0 Å². The molecule has 0 atom stereocenters. The molecular formula is C18H17N3O3. The second-order valence-corrected chi connectivity index (χ2v) is 5.59. The summed E-state index contributed by atoms with van der Waals surface area (Å²) in [6, 6.07) is 14.3. The van der Waals surface area contributed by atoms with Gasteiger partial charge >= 0.3 is 5.69 Å². The van der Waals surface area contributed by atoms with Crippen molar-refractivity contribution >= 4 is 22.5 Å². The first kappa shape index (κ1) is 15.7. The molecule has 24 heavy (non-hydrogen) atoms. The summed E-state index contributed by atoms with van der Waals surface area (Å²) in [5.74, 6) is -0.193. The molecule has 0 spiro atoms. The number of carbonyl (C=O) groups excluding carboxylic acids is 1. The molecule has 1 aromatic heterocycles. The Balaban J connectivity index is 1.78. The second-order valence-electron chi connectivity index (χ2n) is 5.59. The second kappa shape index (κ2) is 6.54. The molecule has 0 saturated heterocycles. The highest BCUT2D eigenvalue weighted by Crippen LogP contribution is 2.10. The Morgan fingerprint density at radius 3 is 2.54 bits per heavy atom. The fourth-order valence-corrected chi connectivity index (χ4v) is 2.54. The fraction of sp³-hybridized carbons (Fsp3) is 0.167. The lowest BCUT2D eigenvalue weighted by atomic mass is 10.2. The van der Waals surface area contributed by atoms with E-state index >= 15 is 0 Å². The van der Waals surface area contributed by atoms with Crippen molar-refractivity contribution in [1.29, 1.82) is 0 Å². The highest BCUT2D eigenvalue weighted by molar-refractivity contribution is 5.90. The maximum Gasteiger partial charge on any atom is 0.328 e. The minimum absolute atomic E-state index is 0.129. The van der Waals surface area contributed by atoms with Gasteiger partial charge < -0.3 is 5.32 Å². The van der Waals surface area contributed by atoms with Gasteiger partial charge in [-0.2, -0.15) is 0 Å². The highest BCUT2D eigenvalue weighted by atomic mass is 16.2. The largest absolute Gasteiger partial charge is 0.328 e. The lowest BCUT2D eigenvalue weighted by Gasteiger charge is -2.10. The van der Waals surface area contributed by atoms with Gasteiger partial charge in [-0.1, -0.05) is 29.8 Å². The van der Waals surface area contributed by atoms with Crippen molar-refractivity contribution < 1.29 is 4.79 Å². The summed E-state index contributed by atoms with van der Waals surface area (Å²) in [4.78, 5) is 38.2. The molecule has 0 aliphatic carbocycles. The smallest absolute Gasteiger partial charge is 0.326 e. The van der Waals surface area contributed by atoms with E-state index in [0.717, 1.165) is 5.56 Å². The molecule has 0 bridgehead atoms. The van der Waals surface area contributed by atoms with Crippen LogP contribution in [-0.4, -0.2) is 15.5 Å². The minimum Gasteiger partial charge on any atom is -0.326 e. The number of nitrogens with one attached hydrogen (secondary N) is 2. The van der Waals surface area contributed by atoms with Crippen LogP contribution in [0.25, 0.3) is 10.9 Å². The zero-order valence-electron chi connectivity index (χ0n) is 13.2. The van der Waals surface area contributed by atoms with Gasteiger partial charge in [0.25, 0.3) is 5.56 Å². The molecule has 0 radical (unpaired) electrons. The Kier molecular flexibility index (Phi) is 4.29. The SMILES string of the molecule is Cc1ccc(NC(=O)CCn2c(=O)[nH]c(=O)c3ccccc32)cc1. The number of amides is 1. The lowest BCUT2D eigenvalue weighted by molar-refractivity contribution is -0.116. The van der Waals surface area contributed by atoms with E-state index in [0.29, 0.717) is 16.6 Å². The molecule has 6 nitrogen and oxygen atoms in total. The van der Waals surface area contributed by atoms with Crippen LogP contribution in [0.15, 0.2) is 58.1 Å². The van der Waals surface area contributed by atoms with E-state index in [1.54, 1.807) is 24.3 Å². The molecule has 0 saturated carbocycles. The summed E-state index contributed by atoms with van der Waals surface area (Å²) < 4.78 is 1.41. The Morgan fingerprint density at radius 2 is 1.79 bits per heavy atom. The number of rotatable bonds is 4. The third-order valence-corrected chi connectivity index (χ3v) is 3.80. The third-order valence-electron chi connectivity index (χ3n) is 3.80. The van der Waals surface area contributed by atoms with E-state index < -0.39 is 11.2 Å². The van der Waals surface area contributed by atoms with E-state index in [4.69, 9.17) is 0 Å². The standard InChI is InChI=1S/C18H17N3O3/c1-12-6-8-13(9-7-12)19-16(22)10-11-21-15-5-3-2-4-14(15)17(23)20-18(21)24/h2-9H,10-11H2,1H3,(H,19,22)(H,20,23,24). The van der Waals surface area contributed by atoms with Crippen LogP contribution in [-0.2, 0) is 11.3 Å². The number of hydrogen-bond donors (Lipinski definition) is 2. The number of anilines is 1. The highest BCUT2D eigenvalue weighted by Gasteiger charge is 2.09. The molecule has 1 heterocycles. The van der Waals surface area contributed by atoms with Crippen LogP contribution in [0, 0.1) is 6.92 Å². The number of H-pyrrole nitrogens is 1. The number of hydrogen-bond acceptors (Lipinski definition) is 3. The molecule has 122 valence electrons. The van der Waals surface area contributed by atoms with Crippen LogP contribution < -0.4 is 16.6 Å². The van der Waals surface area contributed by atoms with Gasteiger partial charge in [-0.15, -0.1) is 0 Å². The number of aromatic amines is 1. The zero-order valence-corrected chi connectivity index (χ0v) is 13.2. The van der Waals surface area contributed by atoms with Crippen molar-refractivity contribution in [3.63, 3.8) is 0 Å². The quantitative estimate of drug-likeness (QED) is 0.770. The molecule has 1 amide bonds. The average Bonchev–Trinajstić information content (AvgIpc) is 2.57. The summed E-state index contributed by atoms with van der Waals surface area (Å²) in [6.45, 7) is 2.16. The van der Waals surface area contributed by atoms with Crippen molar-refractivity contribution in [3.05, 3.63) is 74.9 Å². The first-order valence-corrected chi connectivity index (χ1v) is 7.63. The monoisotopic (exact) mass is 323 g/mol. The predicted octanol–water partition coefficient (Wildman–Crippen LogP) is 2.03. The number of aryl methyl sites for hydroxylation is 2. The number of fused-ring (bicyclic) bond motifs is 1. The summed E-state index contributed by atoms with van der Waals surface area (Å²) in [6.07, 6.45) is 0.129. The van der Waals surface area contributed by atoms with E-state index in [9.17, 15) is 14.4 Å². The molecule has 0 fully saturated rings. The van der Waals surface area contributed by atoms with Crippen molar-refractivity contribution in [2.45, 2.75) is 19.9 Å². The molecule has 2 aromatic carbocycles. The summed E-state index contributed by atoms with van der Waals surface area (Å²) in [5, 5.41) is 3.22. The summed E-state index contributed by atoms with van der Waals surface area (Å²) >= 11 is 0.